The van der Waals surface area contributed by atoms with E-state index in [4.69, 9.17) is 5.11 Å². The molecule has 0 aliphatic rings. The molecule has 0 atom stereocenters. The summed E-state index contributed by atoms with van der Waals surface area (Å²) < 4.78 is 0. The third-order valence-corrected chi connectivity index (χ3v) is 3.41. The van der Waals surface area contributed by atoms with Crippen LogP contribution in [0.3, 0.4) is 0 Å². The van der Waals surface area contributed by atoms with Gasteiger partial charge in [-0.2, -0.15) is 0 Å². The molecule has 0 heterocycles. The van der Waals surface area contributed by atoms with E-state index in [0.717, 1.165) is 31.6 Å². The third kappa shape index (κ3) is 5.64. The Morgan fingerprint density at radius 2 is 1.65 bits per heavy atom. The van der Waals surface area contributed by atoms with E-state index in [1.807, 2.05) is 12.1 Å². The molecular formula is C17H27NO2. The number of nitrogens with zero attached hydrogens (tertiary/aromatic N) is 1. The van der Waals surface area contributed by atoms with Gasteiger partial charge in [-0.1, -0.05) is 33.8 Å². The van der Waals surface area contributed by atoms with E-state index < -0.39 is 5.97 Å². The SMILES string of the molecule is CC(C)CCN(CCC(C)C)c1cccc(C(=O)O)c1. The second-order valence-corrected chi connectivity index (χ2v) is 6.21. The fourth-order valence-corrected chi connectivity index (χ4v) is 2.03. The van der Waals surface area contributed by atoms with E-state index in [2.05, 4.69) is 32.6 Å². The van der Waals surface area contributed by atoms with Gasteiger partial charge in [-0.15, -0.1) is 0 Å². The zero-order valence-electron chi connectivity index (χ0n) is 13.1. The average molecular weight is 277 g/mol. The zero-order valence-corrected chi connectivity index (χ0v) is 13.1. The number of benzene rings is 1. The van der Waals surface area contributed by atoms with Gasteiger partial charge in [-0.25, -0.2) is 4.79 Å². The van der Waals surface area contributed by atoms with Crippen molar-refractivity contribution in [1.82, 2.24) is 0 Å². The Morgan fingerprint density at radius 3 is 2.10 bits per heavy atom. The van der Waals surface area contributed by atoms with Crippen molar-refractivity contribution in [3.63, 3.8) is 0 Å². The van der Waals surface area contributed by atoms with Crippen molar-refractivity contribution in [3.8, 4) is 0 Å². The molecule has 0 bridgehead atoms. The Balaban J connectivity index is 2.84. The van der Waals surface area contributed by atoms with Gasteiger partial charge in [-0.05, 0) is 42.9 Å². The number of rotatable bonds is 8. The van der Waals surface area contributed by atoms with Gasteiger partial charge in [0.15, 0.2) is 0 Å². The van der Waals surface area contributed by atoms with Gasteiger partial charge in [0.2, 0.25) is 0 Å². The monoisotopic (exact) mass is 277 g/mol. The first kappa shape index (κ1) is 16.5. The number of carbonyl (C=O) groups is 1. The summed E-state index contributed by atoms with van der Waals surface area (Å²) in [6, 6.07) is 7.27. The lowest BCUT2D eigenvalue weighted by molar-refractivity contribution is 0.0697. The van der Waals surface area contributed by atoms with Crippen LogP contribution in [0.5, 0.6) is 0 Å². The van der Waals surface area contributed by atoms with Gasteiger partial charge in [0.05, 0.1) is 5.56 Å². The van der Waals surface area contributed by atoms with E-state index in [9.17, 15) is 4.79 Å². The molecule has 0 fully saturated rings. The molecule has 1 aromatic carbocycles. The Kier molecular flexibility index (Phi) is 6.56. The van der Waals surface area contributed by atoms with Crippen molar-refractivity contribution in [3.05, 3.63) is 29.8 Å². The van der Waals surface area contributed by atoms with E-state index in [1.165, 1.54) is 0 Å². The van der Waals surface area contributed by atoms with Crippen LogP contribution >= 0.6 is 0 Å². The summed E-state index contributed by atoms with van der Waals surface area (Å²) >= 11 is 0. The van der Waals surface area contributed by atoms with Crippen molar-refractivity contribution in [2.45, 2.75) is 40.5 Å². The van der Waals surface area contributed by atoms with Crippen LogP contribution in [0.15, 0.2) is 24.3 Å². The van der Waals surface area contributed by atoms with Gasteiger partial charge >= 0.3 is 5.97 Å². The molecule has 0 saturated heterocycles. The molecule has 3 heteroatoms. The minimum absolute atomic E-state index is 0.363. The lowest BCUT2D eigenvalue weighted by atomic mass is 10.1. The Labute approximate surface area is 122 Å². The van der Waals surface area contributed by atoms with Crippen molar-refractivity contribution in [2.75, 3.05) is 18.0 Å². The fraction of sp³-hybridized carbons (Fsp3) is 0.588. The summed E-state index contributed by atoms with van der Waals surface area (Å²) in [5.41, 5.74) is 1.38. The van der Waals surface area contributed by atoms with Crippen LogP contribution in [0.25, 0.3) is 0 Å². The average Bonchev–Trinajstić information content (AvgIpc) is 2.38. The maximum atomic E-state index is 11.1. The van der Waals surface area contributed by atoms with Crippen molar-refractivity contribution in [1.29, 1.82) is 0 Å². The summed E-state index contributed by atoms with van der Waals surface area (Å²) in [5.74, 6) is 0.443. The predicted octanol–water partition coefficient (Wildman–Crippen LogP) is 4.28. The highest BCUT2D eigenvalue weighted by molar-refractivity contribution is 5.88. The number of hydrogen-bond donors (Lipinski definition) is 1. The van der Waals surface area contributed by atoms with Gasteiger partial charge in [0.25, 0.3) is 0 Å². The summed E-state index contributed by atoms with van der Waals surface area (Å²) in [6.07, 6.45) is 2.24. The van der Waals surface area contributed by atoms with E-state index >= 15 is 0 Å². The molecule has 0 spiro atoms. The van der Waals surface area contributed by atoms with Crippen LogP contribution in [0, 0.1) is 11.8 Å². The minimum atomic E-state index is -0.862. The van der Waals surface area contributed by atoms with E-state index in [0.29, 0.717) is 17.4 Å². The van der Waals surface area contributed by atoms with Crippen molar-refractivity contribution < 1.29 is 9.90 Å². The number of anilines is 1. The van der Waals surface area contributed by atoms with Gasteiger partial charge < -0.3 is 10.0 Å². The first-order valence-electron chi connectivity index (χ1n) is 7.48. The lowest BCUT2D eigenvalue weighted by Crippen LogP contribution is -2.27. The summed E-state index contributed by atoms with van der Waals surface area (Å²) in [4.78, 5) is 13.4. The second-order valence-electron chi connectivity index (χ2n) is 6.21. The highest BCUT2D eigenvalue weighted by Gasteiger charge is 2.11. The third-order valence-electron chi connectivity index (χ3n) is 3.41. The molecule has 0 amide bonds. The summed E-state index contributed by atoms with van der Waals surface area (Å²) in [7, 11) is 0. The molecule has 0 unspecified atom stereocenters. The van der Waals surface area contributed by atoms with Crippen LogP contribution < -0.4 is 4.90 Å². The van der Waals surface area contributed by atoms with Crippen LogP contribution in [0.4, 0.5) is 5.69 Å². The quantitative estimate of drug-likeness (QED) is 0.771. The van der Waals surface area contributed by atoms with Gasteiger partial charge in [0.1, 0.15) is 0 Å². The molecule has 1 aromatic rings. The summed E-state index contributed by atoms with van der Waals surface area (Å²) in [6.45, 7) is 10.8. The topological polar surface area (TPSA) is 40.5 Å². The van der Waals surface area contributed by atoms with E-state index in [1.54, 1.807) is 12.1 Å². The highest BCUT2D eigenvalue weighted by atomic mass is 16.4. The molecule has 1 rings (SSSR count). The molecular weight excluding hydrogens is 250 g/mol. The molecule has 0 aliphatic heterocycles. The maximum absolute atomic E-state index is 11.1. The molecule has 0 radical (unpaired) electrons. The minimum Gasteiger partial charge on any atom is -0.478 e. The lowest BCUT2D eigenvalue weighted by Gasteiger charge is -2.27. The second kappa shape index (κ2) is 7.93. The highest BCUT2D eigenvalue weighted by Crippen LogP contribution is 2.19. The largest absolute Gasteiger partial charge is 0.478 e. The molecule has 20 heavy (non-hydrogen) atoms. The molecule has 0 aromatic heterocycles. The number of aromatic carboxylic acids is 1. The van der Waals surface area contributed by atoms with Crippen LogP contribution in [-0.2, 0) is 0 Å². The molecule has 112 valence electrons. The number of hydrogen-bond acceptors (Lipinski definition) is 2. The van der Waals surface area contributed by atoms with Gasteiger partial charge in [-0.3, -0.25) is 0 Å². The standard InChI is InChI=1S/C17H27NO2/c1-13(2)8-10-18(11-9-14(3)4)16-7-5-6-15(12-16)17(19)20/h5-7,12-14H,8-11H2,1-4H3,(H,19,20). The molecule has 1 N–H and O–H groups in total. The maximum Gasteiger partial charge on any atom is 0.335 e. The normalized spacial score (nSPS) is 11.1. The van der Waals surface area contributed by atoms with Crippen molar-refractivity contribution >= 4 is 11.7 Å². The zero-order chi connectivity index (χ0) is 15.1. The van der Waals surface area contributed by atoms with Crippen LogP contribution in [0.1, 0.15) is 50.9 Å². The van der Waals surface area contributed by atoms with Gasteiger partial charge in [0, 0.05) is 18.8 Å². The molecule has 3 nitrogen and oxygen atoms in total. The smallest absolute Gasteiger partial charge is 0.335 e. The fourth-order valence-electron chi connectivity index (χ4n) is 2.03. The number of carboxylic acid groups (broad SMARTS) is 1. The first-order chi connectivity index (χ1) is 9.40. The Bertz CT molecular complexity index is 415. The van der Waals surface area contributed by atoms with Crippen LogP contribution in [0.2, 0.25) is 0 Å². The van der Waals surface area contributed by atoms with E-state index in [-0.39, 0.29) is 0 Å². The first-order valence-corrected chi connectivity index (χ1v) is 7.48. The molecule has 0 aliphatic carbocycles. The number of carboxylic acids is 1. The van der Waals surface area contributed by atoms with Crippen molar-refractivity contribution in [2.24, 2.45) is 11.8 Å². The predicted molar refractivity (Wildman–Crippen MR) is 84.5 cm³/mol. The summed E-state index contributed by atoms with van der Waals surface area (Å²) in [5, 5.41) is 9.11. The Hall–Kier alpha value is -1.51. The Morgan fingerprint density at radius 1 is 1.10 bits per heavy atom. The molecule has 0 saturated carbocycles. The van der Waals surface area contributed by atoms with Crippen LogP contribution in [-0.4, -0.2) is 24.2 Å².